The Balaban J connectivity index is 1.87. The Morgan fingerprint density at radius 2 is 1.77 bits per heavy atom. The van der Waals surface area contributed by atoms with Gasteiger partial charge in [-0.15, -0.1) is 0 Å². The summed E-state index contributed by atoms with van der Waals surface area (Å²) >= 11 is 0. The van der Waals surface area contributed by atoms with Crippen LogP contribution in [0.3, 0.4) is 0 Å². The van der Waals surface area contributed by atoms with E-state index in [9.17, 15) is 17.6 Å². The van der Waals surface area contributed by atoms with Gasteiger partial charge in [0.2, 0.25) is 10.0 Å². The number of nitrogens with zero attached hydrogens (tertiary/aromatic N) is 1. The normalized spacial score (nSPS) is 15.6. The molecule has 0 saturated carbocycles. The molecule has 3 rings (SSSR count). The van der Waals surface area contributed by atoms with Gasteiger partial charge < -0.3 is 10.1 Å². The highest BCUT2D eigenvalue weighted by molar-refractivity contribution is 7.89. The monoisotopic (exact) mass is 378 g/mol. The fourth-order valence-electron chi connectivity index (χ4n) is 2.68. The molecule has 0 aliphatic carbocycles. The standard InChI is InChI=1S/C18H19FN2O4S/c1-13-2-3-14(18(22)20-16-6-4-15(19)5-7-16)12-17(13)26(23,24)21-8-10-25-11-9-21/h2-7,12H,8-11H2,1H3,(H,20,22). The van der Waals surface area contributed by atoms with E-state index in [1.807, 2.05) is 0 Å². The molecule has 0 spiro atoms. The Labute approximate surface area is 151 Å². The minimum absolute atomic E-state index is 0.103. The molecule has 1 fully saturated rings. The van der Waals surface area contributed by atoms with Crippen LogP contribution in [-0.2, 0) is 14.8 Å². The molecule has 0 atom stereocenters. The van der Waals surface area contributed by atoms with Crippen LogP contribution in [0.1, 0.15) is 15.9 Å². The molecule has 6 nitrogen and oxygen atoms in total. The molecule has 1 N–H and O–H groups in total. The Kier molecular flexibility index (Phi) is 5.36. The predicted octanol–water partition coefficient (Wildman–Crippen LogP) is 2.41. The Bertz CT molecular complexity index is 907. The summed E-state index contributed by atoms with van der Waals surface area (Å²) in [6.07, 6.45) is 0. The molecule has 1 aliphatic rings. The third kappa shape index (κ3) is 3.92. The number of carbonyl (C=O) groups excluding carboxylic acids is 1. The van der Waals surface area contributed by atoms with E-state index < -0.39 is 21.7 Å². The summed E-state index contributed by atoms with van der Waals surface area (Å²) in [6, 6.07) is 9.89. The highest BCUT2D eigenvalue weighted by atomic mass is 32.2. The van der Waals surface area contributed by atoms with Gasteiger partial charge in [-0.05, 0) is 48.9 Å². The van der Waals surface area contributed by atoms with Gasteiger partial charge >= 0.3 is 0 Å². The zero-order chi connectivity index (χ0) is 18.7. The SMILES string of the molecule is Cc1ccc(C(=O)Nc2ccc(F)cc2)cc1S(=O)(=O)N1CCOCC1. The quantitative estimate of drug-likeness (QED) is 0.887. The number of halogens is 1. The molecular formula is C18H19FN2O4S. The van der Waals surface area contributed by atoms with Crippen molar-refractivity contribution in [1.29, 1.82) is 0 Å². The van der Waals surface area contributed by atoms with Crippen molar-refractivity contribution < 1.29 is 22.3 Å². The van der Waals surface area contributed by atoms with E-state index in [1.165, 1.54) is 34.6 Å². The smallest absolute Gasteiger partial charge is 0.255 e. The number of ether oxygens (including phenoxy) is 1. The Morgan fingerprint density at radius 1 is 1.12 bits per heavy atom. The molecule has 2 aromatic carbocycles. The van der Waals surface area contributed by atoms with Gasteiger partial charge in [0.15, 0.2) is 0 Å². The topological polar surface area (TPSA) is 75.7 Å². The number of rotatable bonds is 4. The lowest BCUT2D eigenvalue weighted by molar-refractivity contribution is 0.0730. The number of amides is 1. The Hall–Kier alpha value is -2.29. The summed E-state index contributed by atoms with van der Waals surface area (Å²) in [5, 5.41) is 2.63. The molecule has 0 bridgehead atoms. The second-order valence-electron chi connectivity index (χ2n) is 5.96. The number of aryl methyl sites for hydroxylation is 1. The van der Waals surface area contributed by atoms with Crippen molar-refractivity contribution in [3.8, 4) is 0 Å². The van der Waals surface area contributed by atoms with Crippen LogP contribution in [0, 0.1) is 12.7 Å². The van der Waals surface area contributed by atoms with Crippen molar-refractivity contribution in [3.05, 3.63) is 59.4 Å². The molecule has 1 amide bonds. The van der Waals surface area contributed by atoms with Gasteiger partial charge in [0.05, 0.1) is 18.1 Å². The fourth-order valence-corrected chi connectivity index (χ4v) is 4.34. The third-order valence-corrected chi connectivity index (χ3v) is 6.18. The van der Waals surface area contributed by atoms with Crippen molar-refractivity contribution in [3.63, 3.8) is 0 Å². The summed E-state index contributed by atoms with van der Waals surface area (Å²) in [5.41, 5.74) is 1.20. The molecule has 138 valence electrons. The molecule has 8 heteroatoms. The lowest BCUT2D eigenvalue weighted by Crippen LogP contribution is -2.40. The lowest BCUT2D eigenvalue weighted by atomic mass is 10.1. The summed E-state index contributed by atoms with van der Waals surface area (Å²) in [4.78, 5) is 12.5. The molecule has 26 heavy (non-hydrogen) atoms. The summed E-state index contributed by atoms with van der Waals surface area (Å²) in [6.45, 7) is 2.96. The number of anilines is 1. The molecule has 0 aromatic heterocycles. The fraction of sp³-hybridized carbons (Fsp3) is 0.278. The summed E-state index contributed by atoms with van der Waals surface area (Å²) in [7, 11) is -3.70. The van der Waals surface area contributed by atoms with Crippen molar-refractivity contribution >= 4 is 21.6 Å². The molecule has 2 aromatic rings. The van der Waals surface area contributed by atoms with E-state index in [0.29, 0.717) is 24.5 Å². The van der Waals surface area contributed by atoms with Crippen LogP contribution in [0.15, 0.2) is 47.4 Å². The van der Waals surface area contributed by atoms with Gasteiger partial charge in [0.25, 0.3) is 5.91 Å². The van der Waals surface area contributed by atoms with Crippen molar-refractivity contribution in [1.82, 2.24) is 4.31 Å². The van der Waals surface area contributed by atoms with Gasteiger partial charge in [-0.3, -0.25) is 4.79 Å². The third-order valence-electron chi connectivity index (χ3n) is 4.14. The van der Waals surface area contributed by atoms with E-state index in [1.54, 1.807) is 19.1 Å². The van der Waals surface area contributed by atoms with E-state index in [0.717, 1.165) is 0 Å². The number of sulfonamides is 1. The van der Waals surface area contributed by atoms with Gasteiger partial charge in [-0.25, -0.2) is 12.8 Å². The van der Waals surface area contributed by atoms with Gasteiger partial charge in [-0.1, -0.05) is 6.07 Å². The highest BCUT2D eigenvalue weighted by Crippen LogP contribution is 2.23. The zero-order valence-electron chi connectivity index (χ0n) is 14.2. The van der Waals surface area contributed by atoms with E-state index in [-0.39, 0.29) is 23.5 Å². The summed E-state index contributed by atoms with van der Waals surface area (Å²) in [5.74, 6) is -0.868. The number of hydrogen-bond acceptors (Lipinski definition) is 4. The average Bonchev–Trinajstić information content (AvgIpc) is 2.64. The van der Waals surface area contributed by atoms with Crippen molar-refractivity contribution in [2.24, 2.45) is 0 Å². The van der Waals surface area contributed by atoms with Crippen LogP contribution >= 0.6 is 0 Å². The van der Waals surface area contributed by atoms with E-state index in [4.69, 9.17) is 4.74 Å². The molecule has 1 heterocycles. The number of morpholine rings is 1. The maximum atomic E-state index is 13.0. The minimum atomic E-state index is -3.70. The van der Waals surface area contributed by atoms with Gasteiger partial charge in [0.1, 0.15) is 5.82 Å². The lowest BCUT2D eigenvalue weighted by Gasteiger charge is -2.26. The van der Waals surface area contributed by atoms with E-state index >= 15 is 0 Å². The molecule has 1 saturated heterocycles. The molecular weight excluding hydrogens is 359 g/mol. The first-order valence-electron chi connectivity index (χ1n) is 8.13. The Morgan fingerprint density at radius 3 is 2.42 bits per heavy atom. The maximum Gasteiger partial charge on any atom is 0.255 e. The second kappa shape index (κ2) is 7.53. The van der Waals surface area contributed by atoms with Crippen LogP contribution < -0.4 is 5.32 Å². The number of carbonyl (C=O) groups is 1. The van der Waals surface area contributed by atoms with Gasteiger partial charge in [0, 0.05) is 24.3 Å². The minimum Gasteiger partial charge on any atom is -0.379 e. The average molecular weight is 378 g/mol. The van der Waals surface area contributed by atoms with Crippen molar-refractivity contribution in [2.45, 2.75) is 11.8 Å². The summed E-state index contributed by atoms with van der Waals surface area (Å²) < 4.78 is 45.3. The zero-order valence-corrected chi connectivity index (χ0v) is 15.1. The predicted molar refractivity (Wildman–Crippen MR) is 95.1 cm³/mol. The second-order valence-corrected chi connectivity index (χ2v) is 7.86. The first-order valence-corrected chi connectivity index (χ1v) is 9.57. The number of benzene rings is 2. The molecule has 0 radical (unpaired) electrons. The first-order chi connectivity index (χ1) is 12.4. The largest absolute Gasteiger partial charge is 0.379 e. The maximum absolute atomic E-state index is 13.0. The molecule has 0 unspecified atom stereocenters. The first kappa shape index (κ1) is 18.5. The van der Waals surface area contributed by atoms with Gasteiger partial charge in [-0.2, -0.15) is 4.31 Å². The molecule has 1 aliphatic heterocycles. The van der Waals surface area contributed by atoms with E-state index in [2.05, 4.69) is 5.32 Å². The van der Waals surface area contributed by atoms with Crippen LogP contribution in [0.5, 0.6) is 0 Å². The van der Waals surface area contributed by atoms with Crippen LogP contribution in [0.25, 0.3) is 0 Å². The highest BCUT2D eigenvalue weighted by Gasteiger charge is 2.28. The number of nitrogens with one attached hydrogen (secondary N) is 1. The van der Waals surface area contributed by atoms with Crippen LogP contribution in [0.4, 0.5) is 10.1 Å². The number of hydrogen-bond donors (Lipinski definition) is 1. The van der Waals surface area contributed by atoms with Crippen LogP contribution in [0.2, 0.25) is 0 Å². The van der Waals surface area contributed by atoms with Crippen molar-refractivity contribution in [2.75, 3.05) is 31.6 Å². The van der Waals surface area contributed by atoms with Crippen LogP contribution in [-0.4, -0.2) is 44.9 Å².